The molecule has 0 fully saturated rings. The van der Waals surface area contributed by atoms with Gasteiger partial charge in [-0.3, -0.25) is 0 Å². The summed E-state index contributed by atoms with van der Waals surface area (Å²) in [6, 6.07) is -0.0392. The van der Waals surface area contributed by atoms with Crippen molar-refractivity contribution < 1.29 is 9.84 Å². The predicted octanol–water partition coefficient (Wildman–Crippen LogP) is 0.895. The Bertz CT molecular complexity index is 342. The van der Waals surface area contributed by atoms with Crippen molar-refractivity contribution in [2.45, 2.75) is 26.8 Å². The average molecular weight is 211 g/mol. The number of aliphatic hydroxyl groups excluding tert-OH is 1. The maximum absolute atomic E-state index is 8.95. The maximum atomic E-state index is 8.95. The number of aliphatic hydroxyl groups is 1. The van der Waals surface area contributed by atoms with E-state index in [9.17, 15) is 0 Å². The van der Waals surface area contributed by atoms with Gasteiger partial charge in [0.1, 0.15) is 11.6 Å². The van der Waals surface area contributed by atoms with Gasteiger partial charge in [-0.1, -0.05) is 0 Å². The lowest BCUT2D eigenvalue weighted by atomic mass is 10.3. The summed E-state index contributed by atoms with van der Waals surface area (Å²) in [7, 11) is 1.58. The minimum Gasteiger partial charge on any atom is -0.481 e. The summed E-state index contributed by atoms with van der Waals surface area (Å²) in [4.78, 5) is 8.41. The van der Waals surface area contributed by atoms with E-state index >= 15 is 0 Å². The van der Waals surface area contributed by atoms with Gasteiger partial charge < -0.3 is 15.2 Å². The van der Waals surface area contributed by atoms with Gasteiger partial charge >= 0.3 is 0 Å². The molecule has 2 N–H and O–H groups in total. The molecule has 0 aliphatic carbocycles. The number of ether oxygens (including phenoxy) is 1. The number of hydrogen-bond acceptors (Lipinski definition) is 5. The Balaban J connectivity index is 3.01. The Morgan fingerprint density at radius 2 is 2.07 bits per heavy atom. The maximum Gasteiger partial charge on any atom is 0.221 e. The van der Waals surface area contributed by atoms with Crippen LogP contribution in [0.3, 0.4) is 0 Å². The lowest BCUT2D eigenvalue weighted by Gasteiger charge is -2.15. The van der Waals surface area contributed by atoms with Crippen LogP contribution in [0.2, 0.25) is 0 Å². The molecule has 1 aromatic heterocycles. The minimum atomic E-state index is -0.0392. The number of nitrogens with one attached hydrogen (secondary N) is 1. The molecular formula is C10H17N3O2. The summed E-state index contributed by atoms with van der Waals surface area (Å²) in [5, 5.41) is 12.0. The van der Waals surface area contributed by atoms with Crippen LogP contribution in [0.25, 0.3) is 0 Å². The van der Waals surface area contributed by atoms with Crippen LogP contribution < -0.4 is 10.1 Å². The quantitative estimate of drug-likeness (QED) is 0.774. The zero-order valence-electron chi connectivity index (χ0n) is 9.53. The van der Waals surface area contributed by atoms with Gasteiger partial charge in [0.05, 0.1) is 19.3 Å². The van der Waals surface area contributed by atoms with Crippen molar-refractivity contribution in [3.05, 3.63) is 11.4 Å². The van der Waals surface area contributed by atoms with Gasteiger partial charge in [0.2, 0.25) is 5.88 Å². The number of rotatable bonds is 4. The van der Waals surface area contributed by atoms with Crippen molar-refractivity contribution in [2.75, 3.05) is 19.0 Å². The summed E-state index contributed by atoms with van der Waals surface area (Å²) < 4.78 is 5.13. The predicted molar refractivity (Wildman–Crippen MR) is 58.2 cm³/mol. The smallest absolute Gasteiger partial charge is 0.221 e. The largest absolute Gasteiger partial charge is 0.481 e. The van der Waals surface area contributed by atoms with E-state index in [1.807, 2.05) is 13.8 Å². The molecular weight excluding hydrogens is 194 g/mol. The first-order valence-corrected chi connectivity index (χ1v) is 4.85. The zero-order valence-corrected chi connectivity index (χ0v) is 9.53. The highest BCUT2D eigenvalue weighted by molar-refractivity contribution is 5.49. The van der Waals surface area contributed by atoms with E-state index in [1.165, 1.54) is 0 Å². The summed E-state index contributed by atoms with van der Waals surface area (Å²) in [6.45, 7) is 5.62. The van der Waals surface area contributed by atoms with Crippen molar-refractivity contribution in [1.29, 1.82) is 0 Å². The summed E-state index contributed by atoms with van der Waals surface area (Å²) in [5.74, 6) is 1.92. The first-order chi connectivity index (χ1) is 7.08. The highest BCUT2D eigenvalue weighted by Gasteiger charge is 2.10. The lowest BCUT2D eigenvalue weighted by molar-refractivity contribution is 0.281. The SMILES string of the molecule is COc1nc(C)nc(N[C@H](C)CO)c1C. The molecule has 1 aromatic rings. The number of anilines is 1. The van der Waals surface area contributed by atoms with Gasteiger partial charge in [0, 0.05) is 6.04 Å². The van der Waals surface area contributed by atoms with Crippen LogP contribution in [-0.2, 0) is 0 Å². The van der Waals surface area contributed by atoms with Crippen LogP contribution >= 0.6 is 0 Å². The van der Waals surface area contributed by atoms with Crippen LogP contribution in [0.5, 0.6) is 5.88 Å². The fraction of sp³-hybridized carbons (Fsp3) is 0.600. The molecule has 5 heteroatoms. The molecule has 0 unspecified atom stereocenters. The number of aromatic nitrogens is 2. The molecule has 0 aromatic carbocycles. The van der Waals surface area contributed by atoms with Gasteiger partial charge in [-0.2, -0.15) is 4.98 Å². The molecule has 0 bridgehead atoms. The number of aryl methyl sites for hydroxylation is 1. The Morgan fingerprint density at radius 1 is 1.40 bits per heavy atom. The second-order valence-electron chi connectivity index (χ2n) is 3.48. The van der Waals surface area contributed by atoms with Gasteiger partial charge in [-0.15, -0.1) is 0 Å². The van der Waals surface area contributed by atoms with E-state index in [0.29, 0.717) is 17.5 Å². The highest BCUT2D eigenvalue weighted by atomic mass is 16.5. The Morgan fingerprint density at radius 3 is 2.60 bits per heavy atom. The number of hydrogen-bond donors (Lipinski definition) is 2. The second-order valence-corrected chi connectivity index (χ2v) is 3.48. The molecule has 1 rings (SSSR count). The van der Waals surface area contributed by atoms with Gasteiger partial charge in [-0.25, -0.2) is 4.98 Å². The van der Waals surface area contributed by atoms with Crippen molar-refractivity contribution in [3.63, 3.8) is 0 Å². The van der Waals surface area contributed by atoms with Crippen LogP contribution in [-0.4, -0.2) is 34.8 Å². The highest BCUT2D eigenvalue weighted by Crippen LogP contribution is 2.21. The molecule has 1 atom stereocenters. The molecule has 0 saturated carbocycles. The molecule has 0 spiro atoms. The van der Waals surface area contributed by atoms with Gasteiger partial charge in [0.15, 0.2) is 0 Å². The fourth-order valence-corrected chi connectivity index (χ4v) is 1.22. The van der Waals surface area contributed by atoms with Crippen molar-refractivity contribution >= 4 is 5.82 Å². The van der Waals surface area contributed by atoms with E-state index in [1.54, 1.807) is 14.0 Å². The van der Waals surface area contributed by atoms with Crippen LogP contribution in [0.4, 0.5) is 5.82 Å². The second kappa shape index (κ2) is 4.93. The monoisotopic (exact) mass is 211 g/mol. The summed E-state index contributed by atoms with van der Waals surface area (Å²) >= 11 is 0. The third kappa shape index (κ3) is 2.79. The Labute approximate surface area is 89.5 Å². The van der Waals surface area contributed by atoms with Crippen LogP contribution in [0.1, 0.15) is 18.3 Å². The zero-order chi connectivity index (χ0) is 11.4. The normalized spacial score (nSPS) is 12.3. The van der Waals surface area contributed by atoms with Crippen LogP contribution in [0, 0.1) is 13.8 Å². The van der Waals surface area contributed by atoms with E-state index in [-0.39, 0.29) is 12.6 Å². The summed E-state index contributed by atoms with van der Waals surface area (Å²) in [6.07, 6.45) is 0. The first-order valence-electron chi connectivity index (χ1n) is 4.85. The molecule has 0 saturated heterocycles. The molecule has 0 amide bonds. The molecule has 0 aliphatic heterocycles. The van der Waals surface area contributed by atoms with Crippen molar-refractivity contribution in [2.24, 2.45) is 0 Å². The Kier molecular flexibility index (Phi) is 3.85. The van der Waals surface area contributed by atoms with E-state index in [2.05, 4.69) is 15.3 Å². The molecule has 84 valence electrons. The Hall–Kier alpha value is -1.36. The van der Waals surface area contributed by atoms with Crippen molar-refractivity contribution in [3.8, 4) is 5.88 Å². The molecule has 15 heavy (non-hydrogen) atoms. The molecule has 5 nitrogen and oxygen atoms in total. The third-order valence-corrected chi connectivity index (χ3v) is 2.06. The molecule has 1 heterocycles. The number of methoxy groups -OCH3 is 1. The standard InChI is InChI=1S/C10H17N3O2/c1-6(5-14)11-9-7(2)10(15-4)13-8(3)12-9/h6,14H,5H2,1-4H3,(H,11,12,13)/t6-/m1/s1. The minimum absolute atomic E-state index is 0.0392. The third-order valence-electron chi connectivity index (χ3n) is 2.06. The fourth-order valence-electron chi connectivity index (χ4n) is 1.22. The summed E-state index contributed by atoms with van der Waals surface area (Å²) in [5.41, 5.74) is 0.850. The first kappa shape index (κ1) is 11.7. The van der Waals surface area contributed by atoms with Crippen LogP contribution in [0.15, 0.2) is 0 Å². The van der Waals surface area contributed by atoms with Crippen molar-refractivity contribution in [1.82, 2.24) is 9.97 Å². The number of nitrogens with zero attached hydrogens (tertiary/aromatic N) is 2. The molecule has 0 radical (unpaired) electrons. The average Bonchev–Trinajstić information content (AvgIpc) is 2.22. The van der Waals surface area contributed by atoms with E-state index in [4.69, 9.17) is 9.84 Å². The van der Waals surface area contributed by atoms with E-state index in [0.717, 1.165) is 5.56 Å². The van der Waals surface area contributed by atoms with E-state index < -0.39 is 0 Å². The van der Waals surface area contributed by atoms with Gasteiger partial charge in [0.25, 0.3) is 0 Å². The van der Waals surface area contributed by atoms with Gasteiger partial charge in [-0.05, 0) is 20.8 Å². The molecule has 0 aliphatic rings. The lowest BCUT2D eigenvalue weighted by Crippen LogP contribution is -2.21. The topological polar surface area (TPSA) is 67.3 Å².